The maximum Gasteiger partial charge on any atom is 0.243 e. The van der Waals surface area contributed by atoms with Gasteiger partial charge in [-0.1, -0.05) is 36.4 Å². The lowest BCUT2D eigenvalue weighted by molar-refractivity contribution is -0.140. The molecule has 0 aromatic heterocycles. The fourth-order valence-corrected chi connectivity index (χ4v) is 4.14. The maximum absolute atomic E-state index is 13.6. The van der Waals surface area contributed by atoms with Gasteiger partial charge in [0.1, 0.15) is 5.82 Å². The molecule has 0 bridgehead atoms. The quantitative estimate of drug-likeness (QED) is 0.547. The fraction of sp³-hybridized carbons (Fsp3) is 0.400. The van der Waals surface area contributed by atoms with Crippen LogP contribution in [0, 0.1) is 5.82 Å². The smallest absolute Gasteiger partial charge is 0.243 e. The van der Waals surface area contributed by atoms with Crippen LogP contribution in [0.25, 0.3) is 0 Å². The first kappa shape index (κ1) is 21.5. The van der Waals surface area contributed by atoms with Crippen molar-refractivity contribution in [1.29, 1.82) is 0 Å². The van der Waals surface area contributed by atoms with Crippen LogP contribution in [0.4, 0.5) is 4.39 Å². The Morgan fingerprint density at radius 1 is 1.00 bits per heavy atom. The van der Waals surface area contributed by atoms with Gasteiger partial charge in [0.05, 0.1) is 11.4 Å². The lowest BCUT2D eigenvalue weighted by atomic mass is 10.1. The van der Waals surface area contributed by atoms with E-state index in [1.807, 2.05) is 44.2 Å². The minimum absolute atomic E-state index is 0.0351. The summed E-state index contributed by atoms with van der Waals surface area (Å²) >= 11 is 0. The normalized spacial score (nSPS) is 12.0. The molecule has 0 atom stereocenters. The van der Waals surface area contributed by atoms with E-state index in [4.69, 9.17) is 9.47 Å². The van der Waals surface area contributed by atoms with Gasteiger partial charge in [0, 0.05) is 19.8 Å². The average Bonchev–Trinajstić information content (AvgIpc) is 2.66. The first-order valence-electron chi connectivity index (χ1n) is 9.00. The van der Waals surface area contributed by atoms with Gasteiger partial charge in [-0.05, 0) is 44.0 Å². The van der Waals surface area contributed by atoms with Crippen molar-refractivity contribution in [3.63, 3.8) is 0 Å². The highest BCUT2D eigenvalue weighted by Crippen LogP contribution is 2.19. The molecule has 2 aromatic rings. The molecule has 2 rings (SSSR count). The Morgan fingerprint density at radius 2 is 1.67 bits per heavy atom. The van der Waals surface area contributed by atoms with Crippen LogP contribution >= 0.6 is 0 Å². The van der Waals surface area contributed by atoms with E-state index >= 15 is 0 Å². The molecule has 0 unspecified atom stereocenters. The summed E-state index contributed by atoms with van der Waals surface area (Å²) in [6, 6.07) is 14.6. The van der Waals surface area contributed by atoms with Gasteiger partial charge < -0.3 is 9.47 Å². The van der Waals surface area contributed by atoms with Gasteiger partial charge in [-0.2, -0.15) is 4.31 Å². The second-order valence-corrected chi connectivity index (χ2v) is 7.83. The van der Waals surface area contributed by atoms with Crippen molar-refractivity contribution < 1.29 is 22.3 Å². The summed E-state index contributed by atoms with van der Waals surface area (Å²) in [5.41, 5.74) is 1.02. The number of benzene rings is 2. The zero-order valence-electron chi connectivity index (χ0n) is 15.7. The zero-order chi connectivity index (χ0) is 19.7. The lowest BCUT2D eigenvalue weighted by Gasteiger charge is -2.27. The Morgan fingerprint density at radius 3 is 2.26 bits per heavy atom. The topological polar surface area (TPSA) is 55.8 Å². The number of rotatable bonds is 11. The third kappa shape index (κ3) is 6.39. The van der Waals surface area contributed by atoms with Crippen LogP contribution in [-0.4, -0.2) is 45.3 Å². The predicted molar refractivity (Wildman–Crippen MR) is 102 cm³/mol. The molecule has 0 heterocycles. The van der Waals surface area contributed by atoms with Crippen molar-refractivity contribution in [3.8, 4) is 0 Å². The number of ether oxygens (including phenoxy) is 2. The van der Waals surface area contributed by atoms with Gasteiger partial charge >= 0.3 is 0 Å². The monoisotopic (exact) mass is 395 g/mol. The predicted octanol–water partition coefficient (Wildman–Crippen LogP) is 3.46. The van der Waals surface area contributed by atoms with E-state index in [-0.39, 0.29) is 18.0 Å². The first-order chi connectivity index (χ1) is 13.0. The molecule has 0 aliphatic heterocycles. The zero-order valence-corrected chi connectivity index (χ0v) is 16.5. The summed E-state index contributed by atoms with van der Waals surface area (Å²) in [6.45, 7) is 4.71. The Hall–Kier alpha value is -1.80. The summed E-state index contributed by atoms with van der Waals surface area (Å²) in [4.78, 5) is -0.0812. The van der Waals surface area contributed by atoms with Crippen LogP contribution in [0.15, 0.2) is 59.5 Å². The number of sulfonamides is 1. The van der Waals surface area contributed by atoms with Gasteiger partial charge in [0.25, 0.3) is 0 Å². The van der Waals surface area contributed by atoms with Crippen LogP contribution < -0.4 is 0 Å². The minimum Gasteiger partial charge on any atom is -0.352 e. The van der Waals surface area contributed by atoms with E-state index < -0.39 is 22.1 Å². The van der Waals surface area contributed by atoms with Crippen molar-refractivity contribution in [2.75, 3.05) is 26.3 Å². The SMILES string of the molecule is CCOC(CN(CCc1ccccc1)S(=O)(=O)c1cccc(F)c1)OCC. The third-order valence-corrected chi connectivity index (χ3v) is 5.85. The summed E-state index contributed by atoms with van der Waals surface area (Å²) in [5, 5.41) is 0. The molecule has 0 spiro atoms. The minimum atomic E-state index is -3.89. The van der Waals surface area contributed by atoms with Gasteiger partial charge in [-0.25, -0.2) is 12.8 Å². The third-order valence-electron chi connectivity index (χ3n) is 3.98. The fourth-order valence-electron chi connectivity index (χ4n) is 2.68. The highest BCUT2D eigenvalue weighted by atomic mass is 32.2. The van der Waals surface area contributed by atoms with Gasteiger partial charge in [-0.3, -0.25) is 0 Å². The van der Waals surface area contributed by atoms with Crippen molar-refractivity contribution in [2.45, 2.75) is 31.5 Å². The summed E-state index contributed by atoms with van der Waals surface area (Å²) in [7, 11) is -3.89. The summed E-state index contributed by atoms with van der Waals surface area (Å²) in [5.74, 6) is -0.592. The molecule has 7 heteroatoms. The maximum atomic E-state index is 13.6. The van der Waals surface area contributed by atoms with E-state index in [1.54, 1.807) is 0 Å². The average molecular weight is 395 g/mol. The number of halogens is 1. The highest BCUT2D eigenvalue weighted by Gasteiger charge is 2.28. The standard InChI is InChI=1S/C20H26FNO4S/c1-3-25-20(26-4-2)16-22(14-13-17-9-6-5-7-10-17)27(23,24)19-12-8-11-18(21)15-19/h5-12,15,20H,3-4,13-14,16H2,1-2H3. The molecule has 27 heavy (non-hydrogen) atoms. The molecular weight excluding hydrogens is 369 g/mol. The first-order valence-corrected chi connectivity index (χ1v) is 10.4. The van der Waals surface area contributed by atoms with Gasteiger partial charge in [-0.15, -0.1) is 0 Å². The molecule has 0 fully saturated rings. The van der Waals surface area contributed by atoms with E-state index in [1.165, 1.54) is 22.5 Å². The second-order valence-electron chi connectivity index (χ2n) is 5.90. The van der Waals surface area contributed by atoms with Crippen molar-refractivity contribution >= 4 is 10.0 Å². The molecule has 2 aromatic carbocycles. The molecule has 0 saturated carbocycles. The summed E-state index contributed by atoms with van der Waals surface area (Å²) < 4.78 is 52.1. The molecule has 0 aliphatic rings. The second kappa shape index (κ2) is 10.5. The highest BCUT2D eigenvalue weighted by molar-refractivity contribution is 7.89. The Balaban J connectivity index is 2.26. The Labute approximate surface area is 160 Å². The van der Waals surface area contributed by atoms with E-state index in [0.29, 0.717) is 19.6 Å². The molecule has 0 N–H and O–H groups in total. The number of hydrogen-bond acceptors (Lipinski definition) is 4. The van der Waals surface area contributed by atoms with Crippen LogP contribution in [0.5, 0.6) is 0 Å². The largest absolute Gasteiger partial charge is 0.352 e. The summed E-state index contributed by atoms with van der Waals surface area (Å²) in [6.07, 6.45) is -0.153. The molecule has 0 aliphatic carbocycles. The molecule has 0 amide bonds. The van der Waals surface area contributed by atoms with Crippen molar-refractivity contribution in [3.05, 3.63) is 66.0 Å². The lowest BCUT2D eigenvalue weighted by Crippen LogP contribution is -2.41. The Kier molecular flexibility index (Phi) is 8.37. The van der Waals surface area contributed by atoms with Gasteiger partial charge in [0.2, 0.25) is 10.0 Å². The number of hydrogen-bond donors (Lipinski definition) is 0. The molecule has 148 valence electrons. The van der Waals surface area contributed by atoms with Crippen molar-refractivity contribution in [1.82, 2.24) is 4.31 Å². The Bertz CT molecular complexity index is 793. The van der Waals surface area contributed by atoms with E-state index in [2.05, 4.69) is 0 Å². The van der Waals surface area contributed by atoms with E-state index in [0.717, 1.165) is 11.6 Å². The van der Waals surface area contributed by atoms with Crippen LogP contribution in [0.3, 0.4) is 0 Å². The van der Waals surface area contributed by atoms with Crippen LogP contribution in [0.1, 0.15) is 19.4 Å². The molecule has 0 radical (unpaired) electrons. The molecule has 5 nitrogen and oxygen atoms in total. The number of nitrogens with zero attached hydrogens (tertiary/aromatic N) is 1. The van der Waals surface area contributed by atoms with Gasteiger partial charge in [0.15, 0.2) is 6.29 Å². The van der Waals surface area contributed by atoms with Crippen molar-refractivity contribution in [2.24, 2.45) is 0 Å². The van der Waals surface area contributed by atoms with E-state index in [9.17, 15) is 12.8 Å². The molecular formula is C20H26FNO4S. The molecule has 0 saturated heterocycles. The van der Waals surface area contributed by atoms with Crippen LogP contribution in [-0.2, 0) is 25.9 Å². The van der Waals surface area contributed by atoms with Crippen LogP contribution in [0.2, 0.25) is 0 Å².